The van der Waals surface area contributed by atoms with E-state index in [2.05, 4.69) is 20.5 Å². The topological polar surface area (TPSA) is 117 Å². The first-order valence-corrected chi connectivity index (χ1v) is 16.3. The number of carbonyl (C=O) groups excluding carboxylic acids is 1. The quantitative estimate of drug-likeness (QED) is 0.174. The number of benzene rings is 2. The fraction of sp³-hybridized carbons (Fsp3) is 0.229. The summed E-state index contributed by atoms with van der Waals surface area (Å²) in [5.41, 5.74) is 3.89. The average molecular weight is 669 g/mol. The molecule has 0 radical (unpaired) electrons. The lowest BCUT2D eigenvalue weighted by Gasteiger charge is -2.16. The third kappa shape index (κ3) is 5.14. The fourth-order valence-electron chi connectivity index (χ4n) is 6.78. The van der Waals surface area contributed by atoms with Crippen LogP contribution in [0.25, 0.3) is 32.0 Å². The van der Waals surface area contributed by atoms with Crippen molar-refractivity contribution < 1.29 is 22.4 Å². The number of rotatable bonds is 8. The summed E-state index contributed by atoms with van der Waals surface area (Å²) in [5, 5.41) is 10.6. The number of carbonyl (C=O) groups is 1. The van der Waals surface area contributed by atoms with Crippen molar-refractivity contribution in [2.75, 3.05) is 11.9 Å². The number of hydrogen-bond donors (Lipinski definition) is 2. The van der Waals surface area contributed by atoms with Gasteiger partial charge in [-0.1, -0.05) is 18.2 Å². The highest BCUT2D eigenvalue weighted by molar-refractivity contribution is 7.23. The van der Waals surface area contributed by atoms with Crippen molar-refractivity contribution in [3.63, 3.8) is 0 Å². The van der Waals surface area contributed by atoms with Crippen molar-refractivity contribution >= 4 is 33.1 Å². The Hall–Kier alpha value is -5.30. The van der Waals surface area contributed by atoms with Gasteiger partial charge in [0.2, 0.25) is 0 Å². The molecule has 0 bridgehead atoms. The molecule has 48 heavy (non-hydrogen) atoms. The van der Waals surface area contributed by atoms with Crippen molar-refractivity contribution in [1.29, 1.82) is 0 Å². The summed E-state index contributed by atoms with van der Waals surface area (Å²) in [5.74, 6) is -2.06. The molecule has 13 heteroatoms. The Morgan fingerprint density at radius 3 is 2.60 bits per heavy atom. The molecule has 2 aliphatic heterocycles. The van der Waals surface area contributed by atoms with Crippen molar-refractivity contribution in [3.05, 3.63) is 117 Å². The molecule has 0 spiro atoms. The summed E-state index contributed by atoms with van der Waals surface area (Å²) < 4.78 is 48.2. The van der Waals surface area contributed by atoms with E-state index in [-0.39, 0.29) is 29.2 Å². The predicted octanol–water partition coefficient (Wildman–Crippen LogP) is 7.37. The maximum absolute atomic E-state index is 14.6. The maximum atomic E-state index is 14.6. The van der Waals surface area contributed by atoms with Crippen LogP contribution >= 0.6 is 11.3 Å². The lowest BCUT2D eigenvalue weighted by molar-refractivity contribution is 0.0776. The monoisotopic (exact) mass is 668 g/mol. The van der Waals surface area contributed by atoms with E-state index in [1.807, 2.05) is 17.0 Å². The summed E-state index contributed by atoms with van der Waals surface area (Å²) in [4.78, 5) is 38.5. The Kier molecular flexibility index (Phi) is 7.35. The first-order valence-electron chi connectivity index (χ1n) is 15.5. The Balaban J connectivity index is 1.30. The van der Waals surface area contributed by atoms with E-state index in [0.717, 1.165) is 34.6 Å². The first kappa shape index (κ1) is 30.1. The zero-order valence-electron chi connectivity index (χ0n) is 25.5. The number of aromatic amines is 1. The number of fused-ring (bicyclic) bond motifs is 4. The average Bonchev–Trinajstić information content (AvgIpc) is 3.86. The van der Waals surface area contributed by atoms with Gasteiger partial charge in [0, 0.05) is 34.8 Å². The van der Waals surface area contributed by atoms with Gasteiger partial charge >= 0.3 is 5.76 Å². The molecule has 1 fully saturated rings. The van der Waals surface area contributed by atoms with Gasteiger partial charge in [-0.05, 0) is 73.9 Å². The number of aromatic nitrogens is 4. The van der Waals surface area contributed by atoms with E-state index in [4.69, 9.17) is 9.40 Å². The van der Waals surface area contributed by atoms with Crippen LogP contribution < -0.4 is 11.1 Å². The van der Waals surface area contributed by atoms with Crippen LogP contribution in [0.4, 0.5) is 19.0 Å². The molecule has 2 N–H and O–H groups in total. The summed E-state index contributed by atoms with van der Waals surface area (Å²) in [7, 11) is 0. The summed E-state index contributed by atoms with van der Waals surface area (Å²) >= 11 is 1.38. The molecule has 242 valence electrons. The van der Waals surface area contributed by atoms with E-state index in [0.29, 0.717) is 58.2 Å². The van der Waals surface area contributed by atoms with Crippen LogP contribution in [0.3, 0.4) is 0 Å². The van der Waals surface area contributed by atoms with Gasteiger partial charge in [-0.2, -0.15) is 0 Å². The van der Waals surface area contributed by atoms with Crippen LogP contribution in [0.1, 0.15) is 64.7 Å². The highest BCUT2D eigenvalue weighted by atomic mass is 32.1. The number of pyridine rings is 2. The fourth-order valence-corrected chi connectivity index (χ4v) is 7.95. The Labute approximate surface area is 275 Å². The lowest BCUT2D eigenvalue weighted by Crippen LogP contribution is -2.22. The first-order chi connectivity index (χ1) is 23.2. The van der Waals surface area contributed by atoms with Crippen molar-refractivity contribution in [1.82, 2.24) is 25.1 Å². The molecule has 0 unspecified atom stereocenters. The number of nitrogens with one attached hydrogen (secondary N) is 2. The molecule has 0 saturated carbocycles. The van der Waals surface area contributed by atoms with Gasteiger partial charge in [0.25, 0.3) is 11.8 Å². The minimum absolute atomic E-state index is 0.00797. The Morgan fingerprint density at radius 2 is 1.83 bits per heavy atom. The number of hydrogen-bond acceptors (Lipinski definition) is 8. The van der Waals surface area contributed by atoms with Crippen molar-refractivity contribution in [2.45, 2.75) is 44.7 Å². The number of aryl methyl sites for hydroxylation is 2. The van der Waals surface area contributed by atoms with Gasteiger partial charge < -0.3 is 14.6 Å². The zero-order valence-corrected chi connectivity index (χ0v) is 26.3. The van der Waals surface area contributed by atoms with Gasteiger partial charge in [-0.3, -0.25) is 9.78 Å². The smallest absolute Gasteiger partial charge is 0.388 e. The number of nitrogens with zero attached hydrogens (tertiary/aromatic N) is 4. The molecule has 8 rings (SSSR count). The van der Waals surface area contributed by atoms with Crippen LogP contribution in [0.5, 0.6) is 0 Å². The summed E-state index contributed by atoms with van der Waals surface area (Å²) in [6, 6.07) is 12.8. The van der Waals surface area contributed by atoms with Crippen molar-refractivity contribution in [3.8, 4) is 21.9 Å². The van der Waals surface area contributed by atoms with Gasteiger partial charge in [0.1, 0.15) is 23.3 Å². The number of amides is 1. The molecule has 4 aromatic heterocycles. The second-order valence-corrected chi connectivity index (χ2v) is 13.0. The highest BCUT2D eigenvalue weighted by Crippen LogP contribution is 2.50. The second-order valence-electron chi connectivity index (χ2n) is 12.0. The number of thiophene rings is 1. The van der Waals surface area contributed by atoms with Crippen LogP contribution in [-0.2, 0) is 12.8 Å². The number of halogens is 3. The van der Waals surface area contributed by atoms with E-state index < -0.39 is 23.4 Å². The minimum Gasteiger partial charge on any atom is -0.388 e. The highest BCUT2D eigenvalue weighted by Gasteiger charge is 2.45. The van der Waals surface area contributed by atoms with Crippen LogP contribution in [0.15, 0.2) is 70.0 Å². The van der Waals surface area contributed by atoms with Crippen LogP contribution in [0, 0.1) is 17.5 Å². The third-order valence-electron chi connectivity index (χ3n) is 9.02. The molecule has 9 nitrogen and oxygen atoms in total. The largest absolute Gasteiger partial charge is 0.434 e. The number of H-pyrrole nitrogens is 1. The normalized spacial score (nSPS) is 16.0. The van der Waals surface area contributed by atoms with E-state index >= 15 is 0 Å². The van der Waals surface area contributed by atoms with E-state index in [1.54, 1.807) is 25.3 Å². The van der Waals surface area contributed by atoms with Gasteiger partial charge in [-0.25, -0.2) is 28.0 Å². The second kappa shape index (κ2) is 11.7. The Bertz CT molecular complexity index is 2280. The molecule has 2 atom stereocenters. The van der Waals surface area contributed by atoms with Crippen LogP contribution in [-0.4, -0.2) is 37.5 Å². The van der Waals surface area contributed by atoms with Gasteiger partial charge in [0.05, 0.1) is 39.3 Å². The number of anilines is 1. The SMILES string of the molecule is C[C@H](Nc1nccc2cc(-c3c4c(nc(CCc5ccc(F)cc5)c3-c3n[nH]c(=O)o3)[C@H]3CCCN3C4=O)sc12)c1ccc(F)cc1F. The standard InChI is InChI=1S/C35H27F3N6O3S/c1-17(22-10-9-21(37)16-23(22)38)40-32-31-19(12-13-39-32)15-26(48-31)28-27(33-42-43-35(46)47-33)24(11-6-18-4-7-20(36)8-5-18)41-30-25-3-2-14-44(25)34(45)29(28)30/h4-5,7-10,12-13,15-17,25H,2-3,6,11,14H2,1H3,(H,39,40)(H,43,46)/t17-,25+/m0/s1. The molecular formula is C35H27F3N6O3S. The molecule has 6 aromatic rings. The van der Waals surface area contributed by atoms with E-state index in [9.17, 15) is 22.8 Å². The summed E-state index contributed by atoms with van der Waals surface area (Å²) in [6.45, 7) is 2.37. The van der Waals surface area contributed by atoms with Crippen molar-refractivity contribution in [2.24, 2.45) is 0 Å². The third-order valence-corrected chi connectivity index (χ3v) is 10.2. The zero-order chi connectivity index (χ0) is 33.1. The van der Waals surface area contributed by atoms with E-state index in [1.165, 1.54) is 35.6 Å². The molecule has 1 saturated heterocycles. The molecule has 1 amide bonds. The molecule has 0 aliphatic carbocycles. The molecular weight excluding hydrogens is 641 g/mol. The van der Waals surface area contributed by atoms with Crippen LogP contribution in [0.2, 0.25) is 0 Å². The predicted molar refractivity (Wildman–Crippen MR) is 174 cm³/mol. The summed E-state index contributed by atoms with van der Waals surface area (Å²) in [6.07, 6.45) is 4.19. The van der Waals surface area contributed by atoms with Gasteiger partial charge in [-0.15, -0.1) is 16.4 Å². The molecule has 2 aromatic carbocycles. The molecule has 6 heterocycles. The van der Waals surface area contributed by atoms with Gasteiger partial charge in [0.15, 0.2) is 0 Å². The molecule has 2 aliphatic rings. The Morgan fingerprint density at radius 1 is 1.02 bits per heavy atom. The maximum Gasteiger partial charge on any atom is 0.434 e. The minimum atomic E-state index is -0.748. The lowest BCUT2D eigenvalue weighted by atomic mass is 9.93.